The summed E-state index contributed by atoms with van der Waals surface area (Å²) in [7, 11) is 0. The Hall–Kier alpha value is -1.36. The molecule has 84 valence electrons. The SMILES string of the molecule is CC(C)CNC(C)c1cnc(C(N)=O)o1. The molecule has 0 aliphatic rings. The Morgan fingerprint density at radius 1 is 1.60 bits per heavy atom. The summed E-state index contributed by atoms with van der Waals surface area (Å²) in [5.41, 5.74) is 5.03. The van der Waals surface area contributed by atoms with E-state index in [1.807, 2.05) is 6.92 Å². The van der Waals surface area contributed by atoms with E-state index in [0.29, 0.717) is 11.7 Å². The highest BCUT2D eigenvalue weighted by Gasteiger charge is 2.14. The lowest BCUT2D eigenvalue weighted by Crippen LogP contribution is -2.22. The molecule has 0 aromatic carbocycles. The first-order valence-corrected chi connectivity index (χ1v) is 4.99. The number of amides is 1. The largest absolute Gasteiger partial charge is 0.436 e. The van der Waals surface area contributed by atoms with Gasteiger partial charge >= 0.3 is 5.91 Å². The van der Waals surface area contributed by atoms with E-state index in [1.165, 1.54) is 6.20 Å². The number of nitrogens with zero attached hydrogens (tertiary/aromatic N) is 1. The van der Waals surface area contributed by atoms with Crippen molar-refractivity contribution in [3.8, 4) is 0 Å². The van der Waals surface area contributed by atoms with Gasteiger partial charge in [-0.15, -0.1) is 0 Å². The first kappa shape index (κ1) is 11.7. The zero-order valence-corrected chi connectivity index (χ0v) is 9.28. The Morgan fingerprint density at radius 3 is 2.73 bits per heavy atom. The number of aromatic nitrogens is 1. The minimum atomic E-state index is -0.641. The fraction of sp³-hybridized carbons (Fsp3) is 0.600. The first-order valence-electron chi connectivity index (χ1n) is 4.99. The van der Waals surface area contributed by atoms with Crippen LogP contribution in [0.4, 0.5) is 0 Å². The molecule has 1 aromatic heterocycles. The highest BCUT2D eigenvalue weighted by molar-refractivity contribution is 5.87. The van der Waals surface area contributed by atoms with Crippen LogP contribution in [0.15, 0.2) is 10.6 Å². The summed E-state index contributed by atoms with van der Waals surface area (Å²) in [6, 6.07) is 0.0352. The fourth-order valence-corrected chi connectivity index (χ4v) is 1.11. The van der Waals surface area contributed by atoms with Gasteiger partial charge in [0.15, 0.2) is 0 Å². The molecule has 0 fully saturated rings. The number of oxazole rings is 1. The number of carbonyl (C=O) groups is 1. The highest BCUT2D eigenvalue weighted by atomic mass is 16.4. The number of nitrogens with two attached hydrogens (primary N) is 1. The second-order valence-electron chi connectivity index (χ2n) is 3.96. The van der Waals surface area contributed by atoms with Crippen molar-refractivity contribution in [2.75, 3.05) is 6.54 Å². The van der Waals surface area contributed by atoms with Crippen LogP contribution in [-0.2, 0) is 0 Å². The van der Waals surface area contributed by atoms with E-state index in [2.05, 4.69) is 24.1 Å². The Kier molecular flexibility index (Phi) is 3.85. The van der Waals surface area contributed by atoms with Crippen LogP contribution < -0.4 is 11.1 Å². The van der Waals surface area contributed by atoms with Crippen LogP contribution in [0.25, 0.3) is 0 Å². The molecule has 5 nitrogen and oxygen atoms in total. The van der Waals surface area contributed by atoms with Crippen LogP contribution in [0.1, 0.15) is 43.3 Å². The van der Waals surface area contributed by atoms with Gasteiger partial charge < -0.3 is 15.5 Å². The lowest BCUT2D eigenvalue weighted by molar-refractivity contribution is 0.0964. The highest BCUT2D eigenvalue weighted by Crippen LogP contribution is 2.13. The molecule has 1 atom stereocenters. The zero-order chi connectivity index (χ0) is 11.4. The van der Waals surface area contributed by atoms with E-state index in [4.69, 9.17) is 10.2 Å². The lowest BCUT2D eigenvalue weighted by Gasteiger charge is -2.12. The van der Waals surface area contributed by atoms with E-state index in [0.717, 1.165) is 6.54 Å². The monoisotopic (exact) mass is 211 g/mol. The Morgan fingerprint density at radius 2 is 2.27 bits per heavy atom. The molecule has 0 aliphatic carbocycles. The Bertz CT molecular complexity index is 333. The number of nitrogens with one attached hydrogen (secondary N) is 1. The first-order chi connectivity index (χ1) is 7.00. The second kappa shape index (κ2) is 4.93. The maximum absolute atomic E-state index is 10.7. The summed E-state index contributed by atoms with van der Waals surface area (Å²) in [6.45, 7) is 7.07. The maximum atomic E-state index is 10.7. The van der Waals surface area contributed by atoms with Gasteiger partial charge in [0.2, 0.25) is 0 Å². The smallest absolute Gasteiger partial charge is 0.304 e. The number of rotatable bonds is 5. The molecule has 1 amide bonds. The molecule has 15 heavy (non-hydrogen) atoms. The van der Waals surface area contributed by atoms with Gasteiger partial charge in [0.05, 0.1) is 12.2 Å². The lowest BCUT2D eigenvalue weighted by atomic mass is 10.2. The van der Waals surface area contributed by atoms with E-state index < -0.39 is 5.91 Å². The van der Waals surface area contributed by atoms with Gasteiger partial charge in [-0.2, -0.15) is 0 Å². The van der Waals surface area contributed by atoms with E-state index in [-0.39, 0.29) is 11.9 Å². The summed E-state index contributed by atoms with van der Waals surface area (Å²) in [5, 5.41) is 3.26. The van der Waals surface area contributed by atoms with Gasteiger partial charge in [-0.25, -0.2) is 4.98 Å². The fourth-order valence-electron chi connectivity index (χ4n) is 1.11. The minimum Gasteiger partial charge on any atom is -0.436 e. The molecule has 3 N–H and O–H groups in total. The van der Waals surface area contributed by atoms with Gasteiger partial charge in [-0.05, 0) is 19.4 Å². The molecule has 1 unspecified atom stereocenters. The van der Waals surface area contributed by atoms with Gasteiger partial charge in [-0.3, -0.25) is 4.79 Å². The van der Waals surface area contributed by atoms with Crippen LogP contribution in [-0.4, -0.2) is 17.4 Å². The predicted octanol–water partition coefficient (Wildman–Crippen LogP) is 1.08. The Labute approximate surface area is 89.1 Å². The standard InChI is InChI=1S/C10H17N3O2/c1-6(2)4-12-7(3)8-5-13-10(15-8)9(11)14/h5-7,12H,4H2,1-3H3,(H2,11,14). The van der Waals surface area contributed by atoms with Crippen molar-refractivity contribution in [2.45, 2.75) is 26.8 Å². The molecule has 1 rings (SSSR count). The number of hydrogen-bond donors (Lipinski definition) is 2. The molecule has 0 saturated heterocycles. The molecular weight excluding hydrogens is 194 g/mol. The van der Waals surface area contributed by atoms with Crippen LogP contribution in [0.5, 0.6) is 0 Å². The van der Waals surface area contributed by atoms with Crippen molar-refractivity contribution < 1.29 is 9.21 Å². The molecule has 0 bridgehead atoms. The Balaban J connectivity index is 2.58. The van der Waals surface area contributed by atoms with Crippen molar-refractivity contribution in [2.24, 2.45) is 11.7 Å². The molecule has 0 radical (unpaired) electrons. The zero-order valence-electron chi connectivity index (χ0n) is 9.28. The van der Waals surface area contributed by atoms with Crippen LogP contribution in [0.3, 0.4) is 0 Å². The predicted molar refractivity (Wildman–Crippen MR) is 56.3 cm³/mol. The number of carbonyl (C=O) groups excluding carboxylic acids is 1. The van der Waals surface area contributed by atoms with Gasteiger partial charge in [0.25, 0.3) is 5.89 Å². The number of hydrogen-bond acceptors (Lipinski definition) is 4. The summed E-state index contributed by atoms with van der Waals surface area (Å²) in [5.74, 6) is 0.510. The third-order valence-corrected chi connectivity index (χ3v) is 1.99. The minimum absolute atomic E-state index is 0.0352. The van der Waals surface area contributed by atoms with Gasteiger partial charge in [0, 0.05) is 0 Å². The molecule has 1 aromatic rings. The molecule has 5 heteroatoms. The van der Waals surface area contributed by atoms with Crippen molar-refractivity contribution in [3.63, 3.8) is 0 Å². The third kappa shape index (κ3) is 3.36. The van der Waals surface area contributed by atoms with Crippen LogP contribution >= 0.6 is 0 Å². The summed E-state index contributed by atoms with van der Waals surface area (Å²) >= 11 is 0. The topological polar surface area (TPSA) is 81.1 Å². The molecular formula is C10H17N3O2. The van der Waals surface area contributed by atoms with E-state index >= 15 is 0 Å². The third-order valence-electron chi connectivity index (χ3n) is 1.99. The maximum Gasteiger partial charge on any atom is 0.304 e. The summed E-state index contributed by atoms with van der Waals surface area (Å²) in [6.07, 6.45) is 1.53. The molecule has 0 saturated carbocycles. The number of primary amides is 1. The van der Waals surface area contributed by atoms with E-state index in [9.17, 15) is 4.79 Å². The van der Waals surface area contributed by atoms with Crippen molar-refractivity contribution in [3.05, 3.63) is 17.8 Å². The van der Waals surface area contributed by atoms with Gasteiger partial charge in [0.1, 0.15) is 5.76 Å². The van der Waals surface area contributed by atoms with E-state index in [1.54, 1.807) is 0 Å². The van der Waals surface area contributed by atoms with Crippen molar-refractivity contribution >= 4 is 5.91 Å². The molecule has 0 spiro atoms. The van der Waals surface area contributed by atoms with Crippen molar-refractivity contribution in [1.82, 2.24) is 10.3 Å². The average molecular weight is 211 g/mol. The van der Waals surface area contributed by atoms with Crippen LogP contribution in [0.2, 0.25) is 0 Å². The van der Waals surface area contributed by atoms with Crippen molar-refractivity contribution in [1.29, 1.82) is 0 Å². The van der Waals surface area contributed by atoms with Crippen LogP contribution in [0, 0.1) is 5.92 Å². The summed E-state index contributed by atoms with van der Waals surface area (Å²) in [4.78, 5) is 14.5. The quantitative estimate of drug-likeness (QED) is 0.763. The average Bonchev–Trinajstić information content (AvgIpc) is 2.62. The normalized spacial score (nSPS) is 13.1. The molecule has 0 aliphatic heterocycles. The second-order valence-corrected chi connectivity index (χ2v) is 3.96. The summed E-state index contributed by atoms with van der Waals surface area (Å²) < 4.78 is 5.19. The van der Waals surface area contributed by atoms with Gasteiger partial charge in [-0.1, -0.05) is 13.8 Å². The molecule has 1 heterocycles.